The number of rotatable bonds is 3. The molecule has 1 aromatic heterocycles. The maximum absolute atomic E-state index is 10.9. The fourth-order valence-electron chi connectivity index (χ4n) is 1.35. The van der Waals surface area contributed by atoms with Crippen LogP contribution in [0.4, 0.5) is 17.3 Å². The van der Waals surface area contributed by atoms with Crippen molar-refractivity contribution in [3.8, 4) is 0 Å². The van der Waals surface area contributed by atoms with E-state index in [4.69, 9.17) is 0 Å². The average Bonchev–Trinajstić information content (AvgIpc) is 2.34. The lowest BCUT2D eigenvalue weighted by atomic mass is 10.3. The average molecular weight is 307 g/mol. The molecule has 0 fully saturated rings. The molecule has 2 rings (SSSR count). The van der Waals surface area contributed by atoms with E-state index in [1.807, 2.05) is 24.3 Å². The second-order valence-corrected chi connectivity index (χ2v) is 4.52. The van der Waals surface area contributed by atoms with Crippen LogP contribution in [0, 0.1) is 0 Å². The fourth-order valence-corrected chi connectivity index (χ4v) is 1.55. The lowest BCUT2D eigenvalue weighted by Gasteiger charge is -2.06. The van der Waals surface area contributed by atoms with Crippen LogP contribution in [-0.4, -0.2) is 15.9 Å². The molecule has 92 valence electrons. The monoisotopic (exact) mass is 306 g/mol. The number of nitrogens with zero attached hydrogens (tertiary/aromatic N) is 2. The molecule has 6 heteroatoms. The second-order valence-electron chi connectivity index (χ2n) is 3.61. The quantitative estimate of drug-likeness (QED) is 0.915. The van der Waals surface area contributed by atoms with Crippen molar-refractivity contribution in [2.24, 2.45) is 0 Å². The first-order chi connectivity index (χ1) is 8.63. The highest BCUT2D eigenvalue weighted by atomic mass is 79.9. The van der Waals surface area contributed by atoms with E-state index in [9.17, 15) is 4.79 Å². The number of anilines is 3. The molecule has 1 heterocycles. The van der Waals surface area contributed by atoms with Gasteiger partial charge in [-0.25, -0.2) is 9.97 Å². The molecule has 0 radical (unpaired) electrons. The van der Waals surface area contributed by atoms with Crippen LogP contribution in [0.3, 0.4) is 0 Å². The minimum atomic E-state index is -0.0908. The lowest BCUT2D eigenvalue weighted by molar-refractivity contribution is -0.114. The van der Waals surface area contributed by atoms with Crippen molar-refractivity contribution in [2.45, 2.75) is 6.92 Å². The first kappa shape index (κ1) is 12.5. The topological polar surface area (TPSA) is 66.9 Å². The van der Waals surface area contributed by atoms with E-state index in [-0.39, 0.29) is 5.91 Å². The summed E-state index contributed by atoms with van der Waals surface area (Å²) in [5.74, 6) is 0.428. The van der Waals surface area contributed by atoms with E-state index >= 15 is 0 Å². The zero-order valence-electron chi connectivity index (χ0n) is 9.64. The molecule has 0 atom stereocenters. The van der Waals surface area contributed by atoms with E-state index in [1.54, 1.807) is 12.4 Å². The van der Waals surface area contributed by atoms with Gasteiger partial charge in [0.15, 0.2) is 0 Å². The molecule has 2 N–H and O–H groups in total. The van der Waals surface area contributed by atoms with Gasteiger partial charge in [0.25, 0.3) is 0 Å². The summed E-state index contributed by atoms with van der Waals surface area (Å²) in [4.78, 5) is 19.1. The van der Waals surface area contributed by atoms with E-state index in [1.165, 1.54) is 6.92 Å². The Morgan fingerprint density at radius 2 is 1.67 bits per heavy atom. The van der Waals surface area contributed by atoms with Gasteiger partial charge in [0.2, 0.25) is 11.9 Å². The van der Waals surface area contributed by atoms with Gasteiger partial charge in [0.1, 0.15) is 0 Å². The predicted octanol–water partition coefficient (Wildman–Crippen LogP) is 2.94. The van der Waals surface area contributed by atoms with Crippen LogP contribution in [0.25, 0.3) is 0 Å². The normalized spacial score (nSPS) is 9.89. The minimum Gasteiger partial charge on any atom is -0.326 e. The summed E-state index contributed by atoms with van der Waals surface area (Å²) < 4.78 is 0.828. The molecule has 18 heavy (non-hydrogen) atoms. The van der Waals surface area contributed by atoms with Gasteiger partial charge in [-0.2, -0.15) is 0 Å². The van der Waals surface area contributed by atoms with Gasteiger partial charge in [-0.05, 0) is 40.2 Å². The molecule has 1 amide bonds. The van der Waals surface area contributed by atoms with Crippen LogP contribution in [0.1, 0.15) is 6.92 Å². The number of hydrogen-bond donors (Lipinski definition) is 2. The maximum atomic E-state index is 10.9. The molecule has 2 aromatic rings. The van der Waals surface area contributed by atoms with E-state index in [0.29, 0.717) is 5.95 Å². The molecule has 1 aromatic carbocycles. The van der Waals surface area contributed by atoms with Gasteiger partial charge in [-0.1, -0.05) is 0 Å². The highest BCUT2D eigenvalue weighted by Crippen LogP contribution is 2.17. The van der Waals surface area contributed by atoms with Crippen LogP contribution >= 0.6 is 15.9 Å². The third-order valence-corrected chi connectivity index (χ3v) is 2.49. The van der Waals surface area contributed by atoms with Crippen molar-refractivity contribution in [2.75, 3.05) is 10.6 Å². The minimum absolute atomic E-state index is 0.0908. The molecule has 0 aliphatic heterocycles. The van der Waals surface area contributed by atoms with Crippen LogP contribution in [0.2, 0.25) is 0 Å². The van der Waals surface area contributed by atoms with Gasteiger partial charge >= 0.3 is 0 Å². The Balaban J connectivity index is 2.06. The first-order valence-electron chi connectivity index (χ1n) is 5.26. The third kappa shape index (κ3) is 3.53. The highest BCUT2D eigenvalue weighted by molar-refractivity contribution is 9.10. The standard InChI is InChI=1S/C12H11BrN4O/c1-8(18)16-10-2-4-11(5-3-10)17-12-14-6-9(13)7-15-12/h2-7H,1H3,(H,16,18)(H,14,15,17). The van der Waals surface area contributed by atoms with E-state index < -0.39 is 0 Å². The van der Waals surface area contributed by atoms with Crippen LogP contribution in [0.15, 0.2) is 41.1 Å². The van der Waals surface area contributed by atoms with Gasteiger partial charge in [-0.3, -0.25) is 4.79 Å². The number of aromatic nitrogens is 2. The van der Waals surface area contributed by atoms with Crippen LogP contribution in [0.5, 0.6) is 0 Å². The number of hydrogen-bond acceptors (Lipinski definition) is 4. The summed E-state index contributed by atoms with van der Waals surface area (Å²) in [6, 6.07) is 7.30. The van der Waals surface area contributed by atoms with Gasteiger partial charge in [0.05, 0.1) is 4.47 Å². The summed E-state index contributed by atoms with van der Waals surface area (Å²) >= 11 is 3.27. The number of halogens is 1. The molecule has 0 saturated heterocycles. The Hall–Kier alpha value is -1.95. The van der Waals surface area contributed by atoms with Crippen LogP contribution in [-0.2, 0) is 4.79 Å². The van der Waals surface area contributed by atoms with Gasteiger partial charge in [-0.15, -0.1) is 0 Å². The predicted molar refractivity (Wildman–Crippen MR) is 73.8 cm³/mol. The SMILES string of the molecule is CC(=O)Nc1ccc(Nc2ncc(Br)cn2)cc1. The summed E-state index contributed by atoms with van der Waals surface area (Å²) in [7, 11) is 0. The van der Waals surface area contributed by atoms with Gasteiger partial charge < -0.3 is 10.6 Å². The summed E-state index contributed by atoms with van der Waals surface area (Å²) in [5.41, 5.74) is 1.61. The van der Waals surface area contributed by atoms with E-state index in [2.05, 4.69) is 36.5 Å². The Kier molecular flexibility index (Phi) is 3.88. The maximum Gasteiger partial charge on any atom is 0.227 e. The number of carbonyl (C=O) groups is 1. The number of amides is 1. The fraction of sp³-hybridized carbons (Fsp3) is 0.0833. The largest absolute Gasteiger partial charge is 0.326 e. The highest BCUT2D eigenvalue weighted by Gasteiger charge is 1.99. The molecule has 5 nitrogen and oxygen atoms in total. The van der Waals surface area contributed by atoms with Crippen LogP contribution < -0.4 is 10.6 Å². The van der Waals surface area contributed by atoms with Crippen molar-refractivity contribution < 1.29 is 4.79 Å². The smallest absolute Gasteiger partial charge is 0.227 e. The molecular formula is C12H11BrN4O. The molecular weight excluding hydrogens is 296 g/mol. The lowest BCUT2D eigenvalue weighted by Crippen LogP contribution is -2.05. The Morgan fingerprint density at radius 1 is 1.11 bits per heavy atom. The molecule has 0 bridgehead atoms. The van der Waals surface area contributed by atoms with E-state index in [0.717, 1.165) is 15.8 Å². The molecule has 0 saturated carbocycles. The molecule has 0 aliphatic rings. The third-order valence-electron chi connectivity index (χ3n) is 2.08. The first-order valence-corrected chi connectivity index (χ1v) is 6.05. The number of carbonyl (C=O) groups excluding carboxylic acids is 1. The van der Waals surface area contributed by atoms with Crippen molar-refractivity contribution in [1.29, 1.82) is 0 Å². The van der Waals surface area contributed by atoms with Crippen molar-refractivity contribution in [1.82, 2.24) is 9.97 Å². The summed E-state index contributed by atoms with van der Waals surface area (Å²) in [6.45, 7) is 1.47. The second kappa shape index (κ2) is 5.59. The molecule has 0 unspecified atom stereocenters. The zero-order chi connectivity index (χ0) is 13.0. The Labute approximate surface area is 113 Å². The zero-order valence-corrected chi connectivity index (χ0v) is 11.2. The summed E-state index contributed by atoms with van der Waals surface area (Å²) in [5, 5.41) is 5.76. The Bertz CT molecular complexity index is 539. The molecule has 0 aliphatic carbocycles. The number of nitrogens with one attached hydrogen (secondary N) is 2. The summed E-state index contributed by atoms with van der Waals surface area (Å²) in [6.07, 6.45) is 3.34. The van der Waals surface area contributed by atoms with Crippen molar-refractivity contribution in [3.05, 3.63) is 41.1 Å². The van der Waals surface area contributed by atoms with Gasteiger partial charge in [0, 0.05) is 30.7 Å². The van der Waals surface area contributed by atoms with Crippen molar-refractivity contribution >= 4 is 39.2 Å². The Morgan fingerprint density at radius 3 is 2.22 bits per heavy atom. The number of benzene rings is 1. The molecule has 0 spiro atoms. The van der Waals surface area contributed by atoms with Crippen molar-refractivity contribution in [3.63, 3.8) is 0 Å².